The van der Waals surface area contributed by atoms with Crippen molar-refractivity contribution in [1.82, 2.24) is 10.2 Å². The Morgan fingerprint density at radius 2 is 1.88 bits per heavy atom. The van der Waals surface area contributed by atoms with Crippen LogP contribution in [0.4, 0.5) is 10.5 Å². The van der Waals surface area contributed by atoms with Gasteiger partial charge in [-0.05, 0) is 31.0 Å². The second-order valence-corrected chi connectivity index (χ2v) is 6.39. The second-order valence-electron chi connectivity index (χ2n) is 6.39. The highest BCUT2D eigenvalue weighted by Gasteiger charge is 2.18. The van der Waals surface area contributed by atoms with Gasteiger partial charge in [-0.2, -0.15) is 0 Å². The van der Waals surface area contributed by atoms with Crippen LogP contribution in [-0.2, 0) is 4.74 Å². The lowest BCUT2D eigenvalue weighted by Crippen LogP contribution is -2.38. The molecule has 1 heterocycles. The maximum absolute atomic E-state index is 11.9. The largest absolute Gasteiger partial charge is 0.379 e. The Morgan fingerprint density at radius 1 is 1.17 bits per heavy atom. The minimum atomic E-state index is -0.125. The lowest BCUT2D eigenvalue weighted by Gasteiger charge is -2.32. The summed E-state index contributed by atoms with van der Waals surface area (Å²) in [6.45, 7) is 8.70. The van der Waals surface area contributed by atoms with Crippen molar-refractivity contribution in [3.05, 3.63) is 29.8 Å². The average Bonchev–Trinajstić information content (AvgIpc) is 2.62. The van der Waals surface area contributed by atoms with Gasteiger partial charge in [-0.3, -0.25) is 4.90 Å². The van der Waals surface area contributed by atoms with Crippen LogP contribution in [0.2, 0.25) is 0 Å². The van der Waals surface area contributed by atoms with E-state index >= 15 is 0 Å². The zero-order chi connectivity index (χ0) is 17.2. The van der Waals surface area contributed by atoms with E-state index in [2.05, 4.69) is 41.5 Å². The Hall–Kier alpha value is -1.59. The summed E-state index contributed by atoms with van der Waals surface area (Å²) < 4.78 is 5.41. The molecular formula is C19H31N3O2. The molecular weight excluding hydrogens is 302 g/mol. The topological polar surface area (TPSA) is 53.6 Å². The van der Waals surface area contributed by atoms with E-state index in [-0.39, 0.29) is 6.03 Å². The number of nitrogens with one attached hydrogen (secondary N) is 2. The summed E-state index contributed by atoms with van der Waals surface area (Å²) in [6, 6.07) is 8.38. The minimum Gasteiger partial charge on any atom is -0.379 e. The molecule has 2 amide bonds. The van der Waals surface area contributed by atoms with Crippen molar-refractivity contribution >= 4 is 11.7 Å². The van der Waals surface area contributed by atoms with Gasteiger partial charge in [0, 0.05) is 31.4 Å². The lowest BCUT2D eigenvalue weighted by molar-refractivity contribution is 0.0198. The molecule has 5 heteroatoms. The molecule has 0 spiro atoms. The van der Waals surface area contributed by atoms with Crippen molar-refractivity contribution in [2.75, 3.05) is 38.2 Å². The maximum Gasteiger partial charge on any atom is 0.319 e. The summed E-state index contributed by atoms with van der Waals surface area (Å²) in [5.41, 5.74) is 2.10. The first-order chi connectivity index (χ1) is 11.7. The van der Waals surface area contributed by atoms with Gasteiger partial charge < -0.3 is 15.4 Å². The minimum absolute atomic E-state index is 0.125. The Kier molecular flexibility index (Phi) is 8.05. The molecule has 0 saturated carbocycles. The van der Waals surface area contributed by atoms with Crippen LogP contribution in [0, 0.1) is 0 Å². The van der Waals surface area contributed by atoms with Crippen molar-refractivity contribution in [3.63, 3.8) is 0 Å². The molecule has 1 aliphatic rings. The Labute approximate surface area is 145 Å². The second kappa shape index (κ2) is 10.3. The zero-order valence-corrected chi connectivity index (χ0v) is 15.0. The van der Waals surface area contributed by atoms with Crippen LogP contribution in [0.25, 0.3) is 0 Å². The fourth-order valence-electron chi connectivity index (χ4n) is 2.95. The van der Waals surface area contributed by atoms with Crippen LogP contribution in [-0.4, -0.2) is 43.8 Å². The van der Waals surface area contributed by atoms with Gasteiger partial charge >= 0.3 is 6.03 Å². The fourth-order valence-corrected chi connectivity index (χ4v) is 2.95. The van der Waals surface area contributed by atoms with Gasteiger partial charge in [-0.25, -0.2) is 4.79 Å². The smallest absolute Gasteiger partial charge is 0.319 e. The maximum atomic E-state index is 11.9. The number of nitrogens with zero attached hydrogens (tertiary/aromatic N) is 1. The number of hydrogen-bond donors (Lipinski definition) is 2. The molecule has 1 aliphatic heterocycles. The first-order valence-corrected chi connectivity index (χ1v) is 9.17. The molecule has 1 fully saturated rings. The van der Waals surface area contributed by atoms with Crippen molar-refractivity contribution in [1.29, 1.82) is 0 Å². The summed E-state index contributed by atoms with van der Waals surface area (Å²) in [4.78, 5) is 14.3. The predicted octanol–water partition coefficient (Wildman–Crippen LogP) is 3.78. The summed E-state index contributed by atoms with van der Waals surface area (Å²) in [6.07, 6.45) is 4.65. The number of ether oxygens (including phenoxy) is 1. The number of benzene rings is 1. The molecule has 1 unspecified atom stereocenters. The van der Waals surface area contributed by atoms with Crippen molar-refractivity contribution in [3.8, 4) is 0 Å². The van der Waals surface area contributed by atoms with E-state index in [1.165, 1.54) is 24.8 Å². The molecule has 0 aromatic heterocycles. The molecule has 1 atom stereocenters. The van der Waals surface area contributed by atoms with Crippen LogP contribution in [0.15, 0.2) is 24.3 Å². The fraction of sp³-hybridized carbons (Fsp3) is 0.632. The number of anilines is 1. The van der Waals surface area contributed by atoms with Gasteiger partial charge in [0.05, 0.1) is 13.2 Å². The van der Waals surface area contributed by atoms with Crippen molar-refractivity contribution in [2.45, 2.75) is 45.6 Å². The standard InChI is InChI=1S/C19H31N3O2/c1-3-4-5-6-11-20-19(23)21-18-9-7-17(8-10-18)16(2)22-12-14-24-15-13-22/h7-10,16H,3-6,11-15H2,1-2H3,(H2,20,21,23). The molecule has 1 aromatic rings. The van der Waals surface area contributed by atoms with Gasteiger partial charge in [0.25, 0.3) is 0 Å². The molecule has 1 saturated heterocycles. The van der Waals surface area contributed by atoms with E-state index in [1.807, 2.05) is 12.1 Å². The third kappa shape index (κ3) is 6.13. The summed E-state index contributed by atoms with van der Waals surface area (Å²) in [5.74, 6) is 0. The number of unbranched alkanes of at least 4 members (excludes halogenated alkanes) is 3. The average molecular weight is 333 g/mol. The number of carbonyl (C=O) groups is 1. The summed E-state index contributed by atoms with van der Waals surface area (Å²) in [5, 5.41) is 5.80. The number of amides is 2. The molecule has 1 aromatic carbocycles. The van der Waals surface area contributed by atoms with E-state index < -0.39 is 0 Å². The van der Waals surface area contributed by atoms with Crippen molar-refractivity contribution < 1.29 is 9.53 Å². The van der Waals surface area contributed by atoms with Gasteiger partial charge in [0.1, 0.15) is 0 Å². The van der Waals surface area contributed by atoms with Crippen LogP contribution >= 0.6 is 0 Å². The molecule has 2 N–H and O–H groups in total. The van der Waals surface area contributed by atoms with Crippen LogP contribution < -0.4 is 10.6 Å². The summed E-state index contributed by atoms with van der Waals surface area (Å²) >= 11 is 0. The van der Waals surface area contributed by atoms with E-state index in [4.69, 9.17) is 4.74 Å². The molecule has 0 radical (unpaired) electrons. The quantitative estimate of drug-likeness (QED) is 0.712. The number of hydrogen-bond acceptors (Lipinski definition) is 3. The number of rotatable bonds is 8. The summed E-state index contributed by atoms with van der Waals surface area (Å²) in [7, 11) is 0. The van der Waals surface area contributed by atoms with Gasteiger partial charge in [0.15, 0.2) is 0 Å². The van der Waals surface area contributed by atoms with Gasteiger partial charge in [-0.15, -0.1) is 0 Å². The van der Waals surface area contributed by atoms with Crippen molar-refractivity contribution in [2.24, 2.45) is 0 Å². The Balaban J connectivity index is 1.75. The van der Waals surface area contributed by atoms with Gasteiger partial charge in [-0.1, -0.05) is 38.3 Å². The van der Waals surface area contributed by atoms with E-state index in [9.17, 15) is 4.79 Å². The molecule has 5 nitrogen and oxygen atoms in total. The van der Waals surface area contributed by atoms with Gasteiger partial charge in [0.2, 0.25) is 0 Å². The Morgan fingerprint density at radius 3 is 2.54 bits per heavy atom. The first-order valence-electron chi connectivity index (χ1n) is 9.17. The van der Waals surface area contributed by atoms with E-state index in [0.29, 0.717) is 6.04 Å². The zero-order valence-electron chi connectivity index (χ0n) is 15.0. The molecule has 0 aliphatic carbocycles. The van der Waals surface area contributed by atoms with Crippen LogP contribution in [0.1, 0.15) is 51.1 Å². The molecule has 24 heavy (non-hydrogen) atoms. The van der Waals surface area contributed by atoms with E-state index in [0.717, 1.165) is 45.0 Å². The van der Waals surface area contributed by atoms with Crippen LogP contribution in [0.3, 0.4) is 0 Å². The van der Waals surface area contributed by atoms with Crippen LogP contribution in [0.5, 0.6) is 0 Å². The highest BCUT2D eigenvalue weighted by molar-refractivity contribution is 5.89. The lowest BCUT2D eigenvalue weighted by atomic mass is 10.1. The Bertz CT molecular complexity index is 484. The first kappa shape index (κ1) is 18.7. The predicted molar refractivity (Wildman–Crippen MR) is 98.4 cm³/mol. The number of urea groups is 1. The van der Waals surface area contributed by atoms with E-state index in [1.54, 1.807) is 0 Å². The normalized spacial score (nSPS) is 16.6. The molecule has 0 bridgehead atoms. The highest BCUT2D eigenvalue weighted by Crippen LogP contribution is 2.22. The molecule has 2 rings (SSSR count). The third-order valence-electron chi connectivity index (χ3n) is 4.56. The monoisotopic (exact) mass is 333 g/mol. The third-order valence-corrected chi connectivity index (χ3v) is 4.56. The SMILES string of the molecule is CCCCCCNC(=O)Nc1ccc(C(C)N2CCOCC2)cc1. The highest BCUT2D eigenvalue weighted by atomic mass is 16.5. The number of carbonyl (C=O) groups excluding carboxylic acids is 1. The molecule has 134 valence electrons. The number of morpholine rings is 1.